The Bertz CT molecular complexity index is 536. The Morgan fingerprint density at radius 3 is 2.90 bits per heavy atom. The summed E-state index contributed by atoms with van der Waals surface area (Å²) in [6.45, 7) is 4.27. The highest BCUT2D eigenvalue weighted by Crippen LogP contribution is 2.41. The van der Waals surface area contributed by atoms with Crippen LogP contribution in [0.2, 0.25) is 0 Å². The number of ether oxygens (including phenoxy) is 2. The van der Waals surface area contributed by atoms with Crippen molar-refractivity contribution in [1.82, 2.24) is 5.32 Å². The van der Waals surface area contributed by atoms with Crippen LogP contribution in [0.3, 0.4) is 0 Å². The van der Waals surface area contributed by atoms with Crippen LogP contribution in [0, 0.1) is 0 Å². The van der Waals surface area contributed by atoms with E-state index in [1.807, 2.05) is 13.1 Å². The molecule has 3 heteroatoms. The fourth-order valence-electron chi connectivity index (χ4n) is 3.22. The summed E-state index contributed by atoms with van der Waals surface area (Å²) in [6.07, 6.45) is 9.03. The van der Waals surface area contributed by atoms with Gasteiger partial charge >= 0.3 is 0 Å². The smallest absolute Gasteiger partial charge is 0.128 e. The summed E-state index contributed by atoms with van der Waals surface area (Å²) in [7, 11) is 2.01. The van der Waals surface area contributed by atoms with Gasteiger partial charge in [-0.25, -0.2) is 0 Å². The third-order valence-corrected chi connectivity index (χ3v) is 4.29. The fourth-order valence-corrected chi connectivity index (χ4v) is 3.22. The van der Waals surface area contributed by atoms with Crippen LogP contribution in [0.1, 0.15) is 51.1 Å². The molecule has 3 nitrogen and oxygen atoms in total. The number of fused-ring (bicyclic) bond motifs is 1. The number of hydrogen-bond donors (Lipinski definition) is 1. The summed E-state index contributed by atoms with van der Waals surface area (Å²) < 4.78 is 12.2. The van der Waals surface area contributed by atoms with Gasteiger partial charge in [-0.2, -0.15) is 0 Å². The second-order valence-electron chi connectivity index (χ2n) is 6.62. The van der Waals surface area contributed by atoms with Crippen molar-refractivity contribution in [3.63, 3.8) is 0 Å². The van der Waals surface area contributed by atoms with Crippen LogP contribution >= 0.6 is 0 Å². The van der Waals surface area contributed by atoms with Crippen LogP contribution in [0.4, 0.5) is 0 Å². The molecule has 0 saturated carbocycles. The highest BCUT2D eigenvalue weighted by Gasteiger charge is 2.33. The van der Waals surface area contributed by atoms with E-state index in [4.69, 9.17) is 9.47 Å². The van der Waals surface area contributed by atoms with Crippen molar-refractivity contribution < 1.29 is 9.47 Å². The maximum absolute atomic E-state index is 6.14. The van der Waals surface area contributed by atoms with E-state index in [1.165, 1.54) is 18.4 Å². The summed E-state index contributed by atoms with van der Waals surface area (Å²) in [5, 5.41) is 3.38. The van der Waals surface area contributed by atoms with E-state index in [2.05, 4.69) is 43.4 Å². The highest BCUT2D eigenvalue weighted by molar-refractivity contribution is 5.44. The van der Waals surface area contributed by atoms with E-state index in [-0.39, 0.29) is 11.7 Å². The predicted octanol–water partition coefficient (Wildman–Crippen LogP) is 4.00. The number of allylic oxidation sites excluding steroid dienone is 1. The minimum Gasteiger partial charge on any atom is -0.487 e. The molecule has 2 atom stereocenters. The molecule has 0 saturated heterocycles. The van der Waals surface area contributed by atoms with Gasteiger partial charge in [0.25, 0.3) is 0 Å². The first-order valence-corrected chi connectivity index (χ1v) is 7.91. The summed E-state index contributed by atoms with van der Waals surface area (Å²) in [5.41, 5.74) is 1.08. The van der Waals surface area contributed by atoms with Crippen molar-refractivity contribution in [2.45, 2.75) is 57.3 Å². The van der Waals surface area contributed by atoms with Gasteiger partial charge in [0.2, 0.25) is 0 Å². The van der Waals surface area contributed by atoms with Gasteiger partial charge in [0.1, 0.15) is 23.2 Å². The molecular formula is C18H25NO2. The van der Waals surface area contributed by atoms with Gasteiger partial charge in [0, 0.05) is 24.1 Å². The molecule has 1 aliphatic heterocycles. The minimum atomic E-state index is -0.149. The zero-order valence-corrected chi connectivity index (χ0v) is 13.2. The van der Waals surface area contributed by atoms with Crippen LogP contribution in [-0.2, 0) is 0 Å². The second kappa shape index (κ2) is 5.72. The van der Waals surface area contributed by atoms with Crippen LogP contribution < -0.4 is 14.8 Å². The van der Waals surface area contributed by atoms with Gasteiger partial charge in [-0.05, 0) is 52.3 Å². The Balaban J connectivity index is 1.83. The molecule has 114 valence electrons. The van der Waals surface area contributed by atoms with Crippen LogP contribution in [0.15, 0.2) is 30.4 Å². The van der Waals surface area contributed by atoms with Gasteiger partial charge in [-0.1, -0.05) is 12.1 Å². The van der Waals surface area contributed by atoms with Crippen molar-refractivity contribution in [1.29, 1.82) is 0 Å². The standard InChI is InChI=1S/C18H25NO2/c1-18(2)12-16(19-3)15-10-9-14(11-17(15)21-18)20-13-7-5-4-6-8-13/h5,7,9-11,13,16,19H,4,6,8,12H2,1-3H3. The molecule has 0 bridgehead atoms. The van der Waals surface area contributed by atoms with Crippen molar-refractivity contribution in [2.24, 2.45) is 0 Å². The van der Waals surface area contributed by atoms with Crippen LogP contribution in [-0.4, -0.2) is 18.8 Å². The van der Waals surface area contributed by atoms with Crippen molar-refractivity contribution >= 4 is 0 Å². The number of benzene rings is 1. The normalized spacial score (nSPS) is 26.8. The van der Waals surface area contributed by atoms with E-state index in [0.29, 0.717) is 6.04 Å². The molecule has 1 aliphatic carbocycles. The zero-order chi connectivity index (χ0) is 14.9. The van der Waals surface area contributed by atoms with Crippen LogP contribution in [0.5, 0.6) is 11.5 Å². The lowest BCUT2D eigenvalue weighted by Crippen LogP contribution is -2.38. The van der Waals surface area contributed by atoms with E-state index >= 15 is 0 Å². The lowest BCUT2D eigenvalue weighted by molar-refractivity contribution is 0.0669. The number of nitrogens with one attached hydrogen (secondary N) is 1. The Hall–Kier alpha value is -1.48. The Morgan fingerprint density at radius 1 is 1.33 bits per heavy atom. The van der Waals surface area contributed by atoms with Crippen molar-refractivity contribution in [2.75, 3.05) is 7.05 Å². The maximum atomic E-state index is 6.14. The monoisotopic (exact) mass is 287 g/mol. The highest BCUT2D eigenvalue weighted by atomic mass is 16.5. The number of rotatable bonds is 3. The molecule has 21 heavy (non-hydrogen) atoms. The fraction of sp³-hybridized carbons (Fsp3) is 0.556. The molecule has 2 unspecified atom stereocenters. The molecule has 1 heterocycles. The molecule has 1 aromatic carbocycles. The quantitative estimate of drug-likeness (QED) is 0.853. The second-order valence-corrected chi connectivity index (χ2v) is 6.62. The predicted molar refractivity (Wildman–Crippen MR) is 85.0 cm³/mol. The summed E-state index contributed by atoms with van der Waals surface area (Å²) in [4.78, 5) is 0. The first-order chi connectivity index (χ1) is 10.1. The van der Waals surface area contributed by atoms with Gasteiger partial charge in [-0.3, -0.25) is 0 Å². The molecule has 2 aliphatic rings. The van der Waals surface area contributed by atoms with Gasteiger partial charge < -0.3 is 14.8 Å². The average molecular weight is 287 g/mol. The summed E-state index contributed by atoms with van der Waals surface area (Å²) in [6, 6.07) is 6.58. The maximum Gasteiger partial charge on any atom is 0.128 e. The van der Waals surface area contributed by atoms with E-state index in [1.54, 1.807) is 0 Å². The molecule has 0 fully saturated rings. The molecular weight excluding hydrogens is 262 g/mol. The summed E-state index contributed by atoms with van der Waals surface area (Å²) in [5.74, 6) is 1.85. The first kappa shape index (κ1) is 14.5. The zero-order valence-electron chi connectivity index (χ0n) is 13.2. The van der Waals surface area contributed by atoms with Gasteiger partial charge in [0.05, 0.1) is 0 Å². The Morgan fingerprint density at radius 2 is 2.19 bits per heavy atom. The Kier molecular flexibility index (Phi) is 3.94. The molecule has 1 N–H and O–H groups in total. The molecule has 0 radical (unpaired) electrons. The average Bonchev–Trinajstić information content (AvgIpc) is 2.46. The minimum absolute atomic E-state index is 0.149. The third kappa shape index (κ3) is 3.24. The van der Waals surface area contributed by atoms with E-state index in [0.717, 1.165) is 24.3 Å². The lowest BCUT2D eigenvalue weighted by atomic mass is 9.90. The molecule has 0 amide bonds. The molecule has 0 aromatic heterocycles. The van der Waals surface area contributed by atoms with Crippen molar-refractivity contribution in [3.05, 3.63) is 35.9 Å². The van der Waals surface area contributed by atoms with Gasteiger partial charge in [0.15, 0.2) is 0 Å². The Labute approximate surface area is 127 Å². The lowest BCUT2D eigenvalue weighted by Gasteiger charge is -2.37. The molecule has 0 spiro atoms. The SMILES string of the molecule is CNC1CC(C)(C)Oc2cc(OC3C=CCCC3)ccc21. The van der Waals surface area contributed by atoms with Gasteiger partial charge in [-0.15, -0.1) is 0 Å². The van der Waals surface area contributed by atoms with Crippen molar-refractivity contribution in [3.8, 4) is 11.5 Å². The topological polar surface area (TPSA) is 30.5 Å². The molecule has 3 rings (SSSR count). The number of hydrogen-bond acceptors (Lipinski definition) is 3. The first-order valence-electron chi connectivity index (χ1n) is 7.91. The summed E-state index contributed by atoms with van der Waals surface area (Å²) >= 11 is 0. The third-order valence-electron chi connectivity index (χ3n) is 4.29. The largest absolute Gasteiger partial charge is 0.487 e. The van der Waals surface area contributed by atoms with E-state index in [9.17, 15) is 0 Å². The van der Waals surface area contributed by atoms with Crippen LogP contribution in [0.25, 0.3) is 0 Å². The van der Waals surface area contributed by atoms with E-state index < -0.39 is 0 Å². The molecule has 1 aromatic rings.